The van der Waals surface area contributed by atoms with Crippen LogP contribution in [-0.2, 0) is 9.59 Å². The molecule has 1 N–H and O–H groups in total. The Morgan fingerprint density at radius 2 is 1.95 bits per heavy atom. The largest absolute Gasteiger partial charge is 0.340 e. The highest BCUT2D eigenvalue weighted by molar-refractivity contribution is 5.99. The lowest BCUT2D eigenvalue weighted by Crippen LogP contribution is -2.70. The fourth-order valence-electron chi connectivity index (χ4n) is 4.17. The van der Waals surface area contributed by atoms with E-state index in [-0.39, 0.29) is 17.9 Å². The normalized spacial score (nSPS) is 33.5. The minimum atomic E-state index is -0.591. The zero-order valence-corrected chi connectivity index (χ0v) is 13.2. The van der Waals surface area contributed by atoms with Gasteiger partial charge in [-0.3, -0.25) is 9.59 Å². The van der Waals surface area contributed by atoms with Crippen LogP contribution in [0, 0.1) is 5.92 Å². The van der Waals surface area contributed by atoms with Crippen LogP contribution in [0.25, 0.3) is 0 Å². The summed E-state index contributed by atoms with van der Waals surface area (Å²) in [5.41, 5.74) is -0.591. The van der Waals surface area contributed by atoms with Gasteiger partial charge in [0.05, 0.1) is 0 Å². The van der Waals surface area contributed by atoms with Crippen LogP contribution in [0.15, 0.2) is 0 Å². The molecule has 1 aliphatic carbocycles. The summed E-state index contributed by atoms with van der Waals surface area (Å²) < 4.78 is 0. The molecule has 0 aromatic heterocycles. The first-order valence-corrected chi connectivity index (χ1v) is 8.33. The Labute approximate surface area is 127 Å². The highest BCUT2D eigenvalue weighted by Gasteiger charge is 2.50. The average Bonchev–Trinajstić information content (AvgIpc) is 2.88. The number of rotatable bonds is 2. The molecule has 0 radical (unpaired) electrons. The molecule has 5 nitrogen and oxygen atoms in total. The molecule has 5 heteroatoms. The lowest BCUT2D eigenvalue weighted by molar-refractivity contribution is -0.156. The molecule has 2 saturated heterocycles. The van der Waals surface area contributed by atoms with Crippen molar-refractivity contribution in [2.45, 2.75) is 57.0 Å². The molecule has 2 unspecified atom stereocenters. The molecule has 2 heterocycles. The molecule has 3 rings (SSSR count). The summed E-state index contributed by atoms with van der Waals surface area (Å²) in [5.74, 6) is 0.708. The first-order chi connectivity index (χ1) is 10.0. The standard InChI is InChI=1S/C16H27N3O2/c1-12-14(20)17-16(7-4-3-5-8-16)15(21)19(12)11-13-6-9-18(2)10-13/h12-13H,3-11H2,1-2H3,(H,17,20). The Morgan fingerprint density at radius 1 is 1.24 bits per heavy atom. The van der Waals surface area contributed by atoms with Crippen LogP contribution >= 0.6 is 0 Å². The number of likely N-dealkylation sites (tertiary alicyclic amines) is 1. The van der Waals surface area contributed by atoms with E-state index in [2.05, 4.69) is 17.3 Å². The van der Waals surface area contributed by atoms with Crippen LogP contribution in [0.1, 0.15) is 45.4 Å². The molecule has 3 fully saturated rings. The van der Waals surface area contributed by atoms with Gasteiger partial charge in [-0.1, -0.05) is 19.3 Å². The number of nitrogens with one attached hydrogen (secondary N) is 1. The monoisotopic (exact) mass is 293 g/mol. The molecule has 2 atom stereocenters. The molecule has 1 saturated carbocycles. The average molecular weight is 293 g/mol. The molecular weight excluding hydrogens is 266 g/mol. The first-order valence-electron chi connectivity index (χ1n) is 8.33. The lowest BCUT2D eigenvalue weighted by Gasteiger charge is -2.47. The van der Waals surface area contributed by atoms with Crippen molar-refractivity contribution in [2.75, 3.05) is 26.7 Å². The fraction of sp³-hybridized carbons (Fsp3) is 0.875. The van der Waals surface area contributed by atoms with Gasteiger partial charge in [0.2, 0.25) is 11.8 Å². The fourth-order valence-corrected chi connectivity index (χ4v) is 4.17. The maximum atomic E-state index is 13.0. The first kappa shape index (κ1) is 14.8. The van der Waals surface area contributed by atoms with Gasteiger partial charge in [0.1, 0.15) is 11.6 Å². The predicted molar refractivity (Wildman–Crippen MR) is 80.7 cm³/mol. The summed E-state index contributed by atoms with van der Waals surface area (Å²) in [6, 6.07) is -0.323. The number of amides is 2. The van der Waals surface area contributed by atoms with Crippen LogP contribution in [0.3, 0.4) is 0 Å². The maximum Gasteiger partial charge on any atom is 0.249 e. The quantitative estimate of drug-likeness (QED) is 0.826. The van der Waals surface area contributed by atoms with Gasteiger partial charge < -0.3 is 15.1 Å². The van der Waals surface area contributed by atoms with Crippen LogP contribution in [0.4, 0.5) is 0 Å². The number of carbonyl (C=O) groups is 2. The molecule has 3 aliphatic rings. The number of carbonyl (C=O) groups excluding carboxylic acids is 2. The smallest absolute Gasteiger partial charge is 0.249 e. The van der Waals surface area contributed by atoms with Crippen molar-refractivity contribution in [3.8, 4) is 0 Å². The Morgan fingerprint density at radius 3 is 2.57 bits per heavy atom. The van der Waals surface area contributed by atoms with Gasteiger partial charge in [0, 0.05) is 13.1 Å². The molecule has 21 heavy (non-hydrogen) atoms. The Hall–Kier alpha value is -1.10. The molecule has 0 aromatic rings. The van der Waals surface area contributed by atoms with Crippen molar-refractivity contribution in [2.24, 2.45) is 5.92 Å². The van der Waals surface area contributed by atoms with Crippen molar-refractivity contribution in [3.63, 3.8) is 0 Å². The molecule has 1 spiro atoms. The SMILES string of the molecule is CC1C(=O)NC2(CCCCC2)C(=O)N1CC1CCN(C)C1. The van der Waals surface area contributed by atoms with E-state index < -0.39 is 5.54 Å². The van der Waals surface area contributed by atoms with Gasteiger partial charge in [0.15, 0.2) is 0 Å². The van der Waals surface area contributed by atoms with E-state index in [0.29, 0.717) is 5.92 Å². The summed E-state index contributed by atoms with van der Waals surface area (Å²) in [7, 11) is 2.12. The van der Waals surface area contributed by atoms with E-state index in [4.69, 9.17) is 0 Å². The van der Waals surface area contributed by atoms with Crippen molar-refractivity contribution in [3.05, 3.63) is 0 Å². The lowest BCUT2D eigenvalue weighted by atomic mass is 9.78. The topological polar surface area (TPSA) is 52.7 Å². The molecule has 118 valence electrons. The minimum Gasteiger partial charge on any atom is -0.340 e. The predicted octanol–water partition coefficient (Wildman–Crippen LogP) is 0.988. The third-order valence-electron chi connectivity index (χ3n) is 5.53. The van der Waals surface area contributed by atoms with E-state index in [1.807, 2.05) is 11.8 Å². The number of piperazine rings is 1. The van der Waals surface area contributed by atoms with Crippen molar-refractivity contribution >= 4 is 11.8 Å². The summed E-state index contributed by atoms with van der Waals surface area (Å²) in [6.45, 7) is 4.73. The van der Waals surface area contributed by atoms with E-state index in [0.717, 1.165) is 51.7 Å². The highest BCUT2D eigenvalue weighted by atomic mass is 16.2. The summed E-state index contributed by atoms with van der Waals surface area (Å²) in [6.07, 6.45) is 6.01. The van der Waals surface area contributed by atoms with Gasteiger partial charge >= 0.3 is 0 Å². The highest BCUT2D eigenvalue weighted by Crippen LogP contribution is 2.34. The number of nitrogens with zero attached hydrogens (tertiary/aromatic N) is 2. The number of hydrogen-bond acceptors (Lipinski definition) is 3. The second-order valence-electron chi connectivity index (χ2n) is 7.18. The molecule has 2 amide bonds. The van der Waals surface area contributed by atoms with Crippen LogP contribution in [0.2, 0.25) is 0 Å². The van der Waals surface area contributed by atoms with Gasteiger partial charge in [-0.05, 0) is 45.7 Å². The molecule has 0 bridgehead atoms. The third kappa shape index (κ3) is 2.68. The third-order valence-corrected chi connectivity index (χ3v) is 5.53. The summed E-state index contributed by atoms with van der Waals surface area (Å²) in [5, 5.41) is 3.05. The Kier molecular flexibility index (Phi) is 3.95. The van der Waals surface area contributed by atoms with Crippen molar-refractivity contribution in [1.29, 1.82) is 0 Å². The maximum absolute atomic E-state index is 13.0. The second kappa shape index (κ2) is 5.59. The molecule has 0 aromatic carbocycles. The Balaban J connectivity index is 1.76. The van der Waals surface area contributed by atoms with Gasteiger partial charge in [-0.25, -0.2) is 0 Å². The van der Waals surface area contributed by atoms with Crippen molar-refractivity contribution < 1.29 is 9.59 Å². The van der Waals surface area contributed by atoms with E-state index in [1.54, 1.807) is 0 Å². The van der Waals surface area contributed by atoms with Gasteiger partial charge in [0.25, 0.3) is 0 Å². The zero-order chi connectivity index (χ0) is 15.0. The van der Waals surface area contributed by atoms with E-state index in [1.165, 1.54) is 6.42 Å². The van der Waals surface area contributed by atoms with Crippen LogP contribution in [0.5, 0.6) is 0 Å². The van der Waals surface area contributed by atoms with Crippen LogP contribution < -0.4 is 5.32 Å². The second-order valence-corrected chi connectivity index (χ2v) is 7.18. The molecular formula is C16H27N3O2. The molecule has 2 aliphatic heterocycles. The summed E-state index contributed by atoms with van der Waals surface area (Å²) in [4.78, 5) is 29.5. The zero-order valence-electron chi connectivity index (χ0n) is 13.2. The minimum absolute atomic E-state index is 0.0304. The van der Waals surface area contributed by atoms with Crippen molar-refractivity contribution in [1.82, 2.24) is 15.1 Å². The number of hydrogen-bond donors (Lipinski definition) is 1. The van der Waals surface area contributed by atoms with Crippen LogP contribution in [-0.4, -0.2) is 59.9 Å². The van der Waals surface area contributed by atoms with Gasteiger partial charge in [-0.15, -0.1) is 0 Å². The Bertz CT molecular complexity index is 431. The van der Waals surface area contributed by atoms with E-state index >= 15 is 0 Å². The van der Waals surface area contributed by atoms with Gasteiger partial charge in [-0.2, -0.15) is 0 Å². The summed E-state index contributed by atoms with van der Waals surface area (Å²) >= 11 is 0. The van der Waals surface area contributed by atoms with E-state index in [9.17, 15) is 9.59 Å².